The van der Waals surface area contributed by atoms with E-state index in [4.69, 9.17) is 0 Å². The van der Waals surface area contributed by atoms with E-state index in [-0.39, 0.29) is 31.8 Å². The molecule has 1 saturated heterocycles. The summed E-state index contributed by atoms with van der Waals surface area (Å²) in [4.78, 5) is 27.3. The summed E-state index contributed by atoms with van der Waals surface area (Å²) in [6.07, 6.45) is -2.62. The summed E-state index contributed by atoms with van der Waals surface area (Å²) in [5.41, 5.74) is 1.52. The molecule has 1 aromatic heterocycles. The minimum atomic E-state index is -4.86. The fraction of sp³-hybridized carbons (Fsp3) is 0.375. The van der Waals surface area contributed by atoms with E-state index in [2.05, 4.69) is 10.3 Å². The van der Waals surface area contributed by atoms with Crippen molar-refractivity contribution < 1.29 is 22.8 Å². The molecule has 2 heterocycles. The maximum Gasteiger partial charge on any atom is 0.471 e. The van der Waals surface area contributed by atoms with Crippen LogP contribution in [0.15, 0.2) is 30.5 Å². The lowest BCUT2D eigenvalue weighted by Crippen LogP contribution is -2.46. The van der Waals surface area contributed by atoms with Gasteiger partial charge in [-0.2, -0.15) is 13.2 Å². The zero-order valence-corrected chi connectivity index (χ0v) is 12.7. The summed E-state index contributed by atoms with van der Waals surface area (Å²) in [7, 11) is 0. The largest absolute Gasteiger partial charge is 0.471 e. The molecule has 5 nitrogen and oxygen atoms in total. The second-order valence-electron chi connectivity index (χ2n) is 5.83. The normalized spacial score (nSPS) is 16.4. The van der Waals surface area contributed by atoms with Gasteiger partial charge in [-0.1, -0.05) is 6.07 Å². The molecule has 3 rings (SSSR count). The maximum atomic E-state index is 12.4. The van der Waals surface area contributed by atoms with Crippen LogP contribution in [-0.4, -0.2) is 41.0 Å². The summed E-state index contributed by atoms with van der Waals surface area (Å²) in [5, 5.41) is 3.80. The van der Waals surface area contributed by atoms with E-state index in [9.17, 15) is 22.8 Å². The number of nitrogens with one attached hydrogen (secondary N) is 2. The first-order valence-electron chi connectivity index (χ1n) is 7.59. The zero-order chi connectivity index (χ0) is 17.3. The Balaban J connectivity index is 1.58. The molecule has 8 heteroatoms. The van der Waals surface area contributed by atoms with Gasteiger partial charge in [0, 0.05) is 36.4 Å². The smallest absolute Gasteiger partial charge is 0.361 e. The molecule has 2 N–H and O–H groups in total. The molecule has 0 atom stereocenters. The highest BCUT2D eigenvalue weighted by Crippen LogP contribution is 2.25. The molecular weight excluding hydrogens is 323 g/mol. The SMILES string of the molecule is O=C(Nc1ccc2cc[nH]c2c1)C1CCN(C(=O)C(F)(F)F)CC1. The number of anilines is 1. The average molecular weight is 339 g/mol. The van der Waals surface area contributed by atoms with Crippen LogP contribution in [0, 0.1) is 5.92 Å². The minimum Gasteiger partial charge on any atom is -0.361 e. The van der Waals surface area contributed by atoms with Gasteiger partial charge in [0.05, 0.1) is 0 Å². The standard InChI is InChI=1S/C16H16F3N3O2/c17-16(18,19)15(24)22-7-4-11(5-8-22)14(23)21-12-2-1-10-3-6-20-13(10)9-12/h1-3,6,9,11,20H,4-5,7-8H2,(H,21,23). The molecule has 0 unspecified atom stereocenters. The fourth-order valence-corrected chi connectivity index (χ4v) is 2.89. The summed E-state index contributed by atoms with van der Waals surface area (Å²) < 4.78 is 37.2. The van der Waals surface area contributed by atoms with Gasteiger partial charge < -0.3 is 15.2 Å². The molecule has 1 aliphatic heterocycles. The number of benzene rings is 1. The molecule has 1 aromatic carbocycles. The number of alkyl halides is 3. The Bertz CT molecular complexity index is 761. The quantitative estimate of drug-likeness (QED) is 0.884. The number of halogens is 3. The van der Waals surface area contributed by atoms with Gasteiger partial charge in [-0.25, -0.2) is 0 Å². The third-order valence-electron chi connectivity index (χ3n) is 4.22. The van der Waals surface area contributed by atoms with Crippen LogP contribution in [0.5, 0.6) is 0 Å². The Kier molecular flexibility index (Phi) is 4.21. The molecule has 0 saturated carbocycles. The van der Waals surface area contributed by atoms with Crippen molar-refractivity contribution in [3.05, 3.63) is 30.5 Å². The van der Waals surface area contributed by atoms with Crippen molar-refractivity contribution in [2.75, 3.05) is 18.4 Å². The number of aromatic nitrogens is 1. The molecule has 0 spiro atoms. The predicted octanol–water partition coefficient (Wildman–Crippen LogP) is 2.91. The van der Waals surface area contributed by atoms with Gasteiger partial charge in [0.15, 0.2) is 0 Å². The van der Waals surface area contributed by atoms with Crippen LogP contribution in [-0.2, 0) is 9.59 Å². The molecule has 2 amide bonds. The van der Waals surface area contributed by atoms with Gasteiger partial charge in [-0.05, 0) is 36.4 Å². The van der Waals surface area contributed by atoms with Gasteiger partial charge in [-0.15, -0.1) is 0 Å². The van der Waals surface area contributed by atoms with Crippen LogP contribution in [0.3, 0.4) is 0 Å². The number of likely N-dealkylation sites (tertiary alicyclic amines) is 1. The van der Waals surface area contributed by atoms with Gasteiger partial charge in [0.1, 0.15) is 0 Å². The van der Waals surface area contributed by atoms with Crippen molar-refractivity contribution in [3.63, 3.8) is 0 Å². The Morgan fingerprint density at radius 3 is 2.54 bits per heavy atom. The molecule has 2 aromatic rings. The highest BCUT2D eigenvalue weighted by Gasteiger charge is 2.43. The van der Waals surface area contributed by atoms with Crippen LogP contribution >= 0.6 is 0 Å². The van der Waals surface area contributed by atoms with Crippen molar-refractivity contribution in [2.24, 2.45) is 5.92 Å². The predicted molar refractivity (Wildman–Crippen MR) is 82.3 cm³/mol. The number of nitrogens with zero attached hydrogens (tertiary/aromatic N) is 1. The number of piperidine rings is 1. The van der Waals surface area contributed by atoms with Crippen molar-refractivity contribution in [2.45, 2.75) is 19.0 Å². The Morgan fingerprint density at radius 1 is 1.17 bits per heavy atom. The van der Waals surface area contributed by atoms with Crippen LogP contribution in [0.2, 0.25) is 0 Å². The van der Waals surface area contributed by atoms with E-state index in [0.717, 1.165) is 15.8 Å². The number of hydrogen-bond acceptors (Lipinski definition) is 2. The number of carbonyl (C=O) groups is 2. The van der Waals surface area contributed by atoms with Crippen LogP contribution in [0.4, 0.5) is 18.9 Å². The highest BCUT2D eigenvalue weighted by molar-refractivity contribution is 5.95. The van der Waals surface area contributed by atoms with Crippen molar-refractivity contribution >= 4 is 28.4 Å². The van der Waals surface area contributed by atoms with E-state index in [0.29, 0.717) is 5.69 Å². The van der Waals surface area contributed by atoms with Crippen LogP contribution in [0.25, 0.3) is 10.9 Å². The fourth-order valence-electron chi connectivity index (χ4n) is 2.89. The van der Waals surface area contributed by atoms with Crippen LogP contribution < -0.4 is 5.32 Å². The molecule has 1 fully saturated rings. The van der Waals surface area contributed by atoms with E-state index >= 15 is 0 Å². The van der Waals surface area contributed by atoms with Crippen molar-refractivity contribution in [3.8, 4) is 0 Å². The van der Waals surface area contributed by atoms with Crippen molar-refractivity contribution in [1.29, 1.82) is 0 Å². The zero-order valence-electron chi connectivity index (χ0n) is 12.7. The molecular formula is C16H16F3N3O2. The number of hydrogen-bond donors (Lipinski definition) is 2. The van der Waals surface area contributed by atoms with Gasteiger partial charge in [0.2, 0.25) is 5.91 Å². The lowest BCUT2D eigenvalue weighted by molar-refractivity contribution is -0.186. The highest BCUT2D eigenvalue weighted by atomic mass is 19.4. The number of fused-ring (bicyclic) bond motifs is 1. The van der Waals surface area contributed by atoms with Crippen molar-refractivity contribution in [1.82, 2.24) is 9.88 Å². The van der Waals surface area contributed by atoms with Gasteiger partial charge in [-0.3, -0.25) is 9.59 Å². The second-order valence-corrected chi connectivity index (χ2v) is 5.83. The van der Waals surface area contributed by atoms with E-state index in [1.165, 1.54) is 0 Å². The lowest BCUT2D eigenvalue weighted by atomic mass is 9.95. The third-order valence-corrected chi connectivity index (χ3v) is 4.22. The Labute approximate surface area is 135 Å². The van der Waals surface area contributed by atoms with Crippen LogP contribution in [0.1, 0.15) is 12.8 Å². The van der Waals surface area contributed by atoms with E-state index in [1.807, 2.05) is 12.1 Å². The summed E-state index contributed by atoms with van der Waals surface area (Å²) in [6.45, 7) is -0.127. The summed E-state index contributed by atoms with van der Waals surface area (Å²) in [5.74, 6) is -2.47. The molecule has 0 radical (unpaired) electrons. The molecule has 128 valence electrons. The summed E-state index contributed by atoms with van der Waals surface area (Å²) >= 11 is 0. The number of aromatic amines is 1. The molecule has 1 aliphatic rings. The first-order chi connectivity index (χ1) is 11.3. The minimum absolute atomic E-state index is 0.0634. The monoisotopic (exact) mass is 339 g/mol. The number of rotatable bonds is 2. The van der Waals surface area contributed by atoms with Gasteiger partial charge >= 0.3 is 12.1 Å². The molecule has 0 aliphatic carbocycles. The van der Waals surface area contributed by atoms with E-state index < -0.39 is 18.0 Å². The second kappa shape index (κ2) is 6.18. The van der Waals surface area contributed by atoms with E-state index in [1.54, 1.807) is 18.3 Å². The van der Waals surface area contributed by atoms with Gasteiger partial charge in [0.25, 0.3) is 0 Å². The number of H-pyrrole nitrogens is 1. The number of amides is 2. The average Bonchev–Trinajstić information content (AvgIpc) is 3.01. The Hall–Kier alpha value is -2.51. The summed E-state index contributed by atoms with van der Waals surface area (Å²) in [6, 6.07) is 7.35. The molecule has 0 bridgehead atoms. The third kappa shape index (κ3) is 3.37. The Morgan fingerprint density at radius 2 is 1.88 bits per heavy atom. The topological polar surface area (TPSA) is 65.2 Å². The molecule has 24 heavy (non-hydrogen) atoms. The maximum absolute atomic E-state index is 12.4. The first kappa shape index (κ1) is 16.4. The number of carbonyl (C=O) groups excluding carboxylic acids is 2. The first-order valence-corrected chi connectivity index (χ1v) is 7.59. The lowest BCUT2D eigenvalue weighted by Gasteiger charge is -2.31.